The number of hydrogen-bond acceptors (Lipinski definition) is 2. The van der Waals surface area contributed by atoms with Crippen LogP contribution in [0.4, 0.5) is 5.69 Å². The molecule has 0 saturated carbocycles. The van der Waals surface area contributed by atoms with Crippen molar-refractivity contribution in [3.8, 4) is 0 Å². The van der Waals surface area contributed by atoms with Crippen LogP contribution in [0, 0.1) is 12.3 Å². The fourth-order valence-corrected chi connectivity index (χ4v) is 2.63. The van der Waals surface area contributed by atoms with Crippen LogP contribution >= 0.6 is 15.9 Å². The van der Waals surface area contributed by atoms with Gasteiger partial charge in [0.05, 0.1) is 11.1 Å². The van der Waals surface area contributed by atoms with Crippen LogP contribution in [0.2, 0.25) is 0 Å². The number of halogens is 1. The van der Waals surface area contributed by atoms with Crippen molar-refractivity contribution in [3.05, 3.63) is 28.2 Å². The second kappa shape index (κ2) is 5.41. The number of amides is 1. The first-order valence-electron chi connectivity index (χ1n) is 6.30. The molecule has 1 saturated heterocycles. The number of nitrogens with one attached hydrogen (secondary N) is 2. The van der Waals surface area contributed by atoms with Gasteiger partial charge in [-0.25, -0.2) is 0 Å². The molecule has 0 spiro atoms. The SMILES string of the molecule is Cc1cccc(NC(=O)C2(C)CCCNC2)c1Br. The summed E-state index contributed by atoms with van der Waals surface area (Å²) in [6.45, 7) is 5.81. The zero-order valence-corrected chi connectivity index (χ0v) is 12.4. The molecule has 1 unspecified atom stereocenters. The van der Waals surface area contributed by atoms with E-state index in [0.717, 1.165) is 41.7 Å². The average molecular weight is 311 g/mol. The lowest BCUT2D eigenvalue weighted by Crippen LogP contribution is -2.46. The fourth-order valence-electron chi connectivity index (χ4n) is 2.27. The third kappa shape index (κ3) is 2.75. The molecule has 0 bridgehead atoms. The van der Waals surface area contributed by atoms with Crippen LogP contribution in [0.15, 0.2) is 22.7 Å². The zero-order valence-electron chi connectivity index (χ0n) is 10.8. The molecule has 2 rings (SSSR count). The molecular formula is C14H19BrN2O. The minimum atomic E-state index is -0.304. The topological polar surface area (TPSA) is 41.1 Å². The highest BCUT2D eigenvalue weighted by Gasteiger charge is 2.34. The molecular weight excluding hydrogens is 292 g/mol. The van der Waals surface area contributed by atoms with Crippen LogP contribution in [0.1, 0.15) is 25.3 Å². The first-order valence-corrected chi connectivity index (χ1v) is 7.09. The molecule has 4 heteroatoms. The van der Waals surface area contributed by atoms with Gasteiger partial charge in [-0.15, -0.1) is 0 Å². The van der Waals surface area contributed by atoms with Crippen LogP contribution in [0.25, 0.3) is 0 Å². The summed E-state index contributed by atoms with van der Waals surface area (Å²) in [4.78, 5) is 12.4. The molecule has 2 N–H and O–H groups in total. The summed E-state index contributed by atoms with van der Waals surface area (Å²) < 4.78 is 0.964. The molecule has 1 aromatic rings. The van der Waals surface area contributed by atoms with Gasteiger partial charge >= 0.3 is 0 Å². The summed E-state index contributed by atoms with van der Waals surface area (Å²) in [6, 6.07) is 5.90. The first-order chi connectivity index (χ1) is 8.53. The lowest BCUT2D eigenvalue weighted by atomic mass is 9.82. The Morgan fingerprint density at radius 3 is 2.94 bits per heavy atom. The Labute approximate surface area is 116 Å². The van der Waals surface area contributed by atoms with Gasteiger partial charge in [0.1, 0.15) is 0 Å². The minimum Gasteiger partial charge on any atom is -0.325 e. The van der Waals surface area contributed by atoms with Gasteiger partial charge in [0.2, 0.25) is 5.91 Å². The van der Waals surface area contributed by atoms with E-state index in [-0.39, 0.29) is 11.3 Å². The molecule has 3 nitrogen and oxygen atoms in total. The van der Waals surface area contributed by atoms with E-state index in [1.807, 2.05) is 32.0 Å². The smallest absolute Gasteiger partial charge is 0.231 e. The standard InChI is InChI=1S/C14H19BrN2O/c1-10-5-3-6-11(12(10)15)17-13(18)14(2)7-4-8-16-9-14/h3,5-6,16H,4,7-9H2,1-2H3,(H,17,18). The van der Waals surface area contributed by atoms with Crippen LogP contribution in [-0.4, -0.2) is 19.0 Å². The lowest BCUT2D eigenvalue weighted by Gasteiger charge is -2.32. The molecule has 0 aliphatic carbocycles. The number of piperidine rings is 1. The normalized spacial score (nSPS) is 23.7. The molecule has 98 valence electrons. The first kappa shape index (κ1) is 13.6. The number of carbonyl (C=O) groups is 1. The van der Waals surface area contributed by atoms with Crippen molar-refractivity contribution in [2.24, 2.45) is 5.41 Å². The Morgan fingerprint density at radius 1 is 1.50 bits per heavy atom. The van der Waals surface area contributed by atoms with Crippen molar-refractivity contribution in [3.63, 3.8) is 0 Å². The van der Waals surface area contributed by atoms with Gasteiger partial charge in [-0.3, -0.25) is 4.79 Å². The molecule has 1 atom stereocenters. The summed E-state index contributed by atoms with van der Waals surface area (Å²) in [7, 11) is 0. The van der Waals surface area contributed by atoms with E-state index in [1.54, 1.807) is 0 Å². The van der Waals surface area contributed by atoms with Crippen molar-refractivity contribution >= 4 is 27.5 Å². The predicted octanol–water partition coefficient (Wildman–Crippen LogP) is 3.09. The Bertz CT molecular complexity index is 453. The van der Waals surface area contributed by atoms with Crippen LogP contribution < -0.4 is 10.6 Å². The van der Waals surface area contributed by atoms with Crippen molar-refractivity contribution < 1.29 is 4.79 Å². The predicted molar refractivity (Wildman–Crippen MR) is 77.7 cm³/mol. The van der Waals surface area contributed by atoms with E-state index in [4.69, 9.17) is 0 Å². The number of benzene rings is 1. The third-order valence-electron chi connectivity index (χ3n) is 3.59. The molecule has 1 aliphatic heterocycles. The maximum absolute atomic E-state index is 12.4. The molecule has 18 heavy (non-hydrogen) atoms. The maximum Gasteiger partial charge on any atom is 0.231 e. The van der Waals surface area contributed by atoms with Gasteiger partial charge in [0, 0.05) is 11.0 Å². The van der Waals surface area contributed by atoms with Crippen molar-refractivity contribution in [1.29, 1.82) is 0 Å². The quantitative estimate of drug-likeness (QED) is 0.881. The molecule has 1 heterocycles. The highest BCUT2D eigenvalue weighted by Crippen LogP contribution is 2.30. The van der Waals surface area contributed by atoms with Gasteiger partial charge in [-0.05, 0) is 60.8 Å². The summed E-state index contributed by atoms with van der Waals surface area (Å²) in [5, 5.41) is 6.33. The Hall–Kier alpha value is -0.870. The van der Waals surface area contributed by atoms with Gasteiger partial charge < -0.3 is 10.6 Å². The van der Waals surface area contributed by atoms with E-state index < -0.39 is 0 Å². The second-order valence-corrected chi connectivity index (χ2v) is 6.02. The van der Waals surface area contributed by atoms with E-state index >= 15 is 0 Å². The molecule has 1 aromatic carbocycles. The third-order valence-corrected chi connectivity index (χ3v) is 4.64. The number of carbonyl (C=O) groups excluding carboxylic acids is 1. The lowest BCUT2D eigenvalue weighted by molar-refractivity contribution is -0.125. The van der Waals surface area contributed by atoms with Crippen LogP contribution in [-0.2, 0) is 4.79 Å². The van der Waals surface area contributed by atoms with E-state index in [1.165, 1.54) is 0 Å². The summed E-state index contributed by atoms with van der Waals surface area (Å²) >= 11 is 3.52. The molecule has 0 radical (unpaired) electrons. The average Bonchev–Trinajstić information content (AvgIpc) is 2.36. The Morgan fingerprint density at radius 2 is 2.28 bits per heavy atom. The Balaban J connectivity index is 2.13. The van der Waals surface area contributed by atoms with Crippen LogP contribution in [0.5, 0.6) is 0 Å². The van der Waals surface area contributed by atoms with Gasteiger partial charge in [-0.1, -0.05) is 12.1 Å². The molecule has 1 aliphatic rings. The summed E-state index contributed by atoms with van der Waals surface area (Å²) in [5.41, 5.74) is 1.67. The number of aryl methyl sites for hydroxylation is 1. The number of anilines is 1. The number of rotatable bonds is 2. The highest BCUT2D eigenvalue weighted by molar-refractivity contribution is 9.10. The van der Waals surface area contributed by atoms with Gasteiger partial charge in [0.15, 0.2) is 0 Å². The van der Waals surface area contributed by atoms with Crippen molar-refractivity contribution in [2.45, 2.75) is 26.7 Å². The van der Waals surface area contributed by atoms with E-state index in [9.17, 15) is 4.79 Å². The summed E-state index contributed by atoms with van der Waals surface area (Å²) in [5.74, 6) is 0.0981. The monoisotopic (exact) mass is 310 g/mol. The fraction of sp³-hybridized carbons (Fsp3) is 0.500. The largest absolute Gasteiger partial charge is 0.325 e. The van der Waals surface area contributed by atoms with Crippen molar-refractivity contribution in [2.75, 3.05) is 18.4 Å². The second-order valence-electron chi connectivity index (χ2n) is 5.23. The van der Waals surface area contributed by atoms with E-state index in [0.29, 0.717) is 0 Å². The molecule has 0 aromatic heterocycles. The van der Waals surface area contributed by atoms with Crippen LogP contribution in [0.3, 0.4) is 0 Å². The highest BCUT2D eigenvalue weighted by atomic mass is 79.9. The van der Waals surface area contributed by atoms with E-state index in [2.05, 4.69) is 26.6 Å². The Kier molecular flexibility index (Phi) is 4.07. The number of hydrogen-bond donors (Lipinski definition) is 2. The molecule has 1 fully saturated rings. The zero-order chi connectivity index (χ0) is 13.2. The molecule has 1 amide bonds. The maximum atomic E-state index is 12.4. The van der Waals surface area contributed by atoms with Gasteiger partial charge in [-0.2, -0.15) is 0 Å². The van der Waals surface area contributed by atoms with Crippen molar-refractivity contribution in [1.82, 2.24) is 5.32 Å². The minimum absolute atomic E-state index is 0.0981. The van der Waals surface area contributed by atoms with Gasteiger partial charge in [0.25, 0.3) is 0 Å². The summed E-state index contributed by atoms with van der Waals surface area (Å²) in [6.07, 6.45) is 1.99.